The number of hydrogen-bond acceptors (Lipinski definition) is 5. The van der Waals surface area contributed by atoms with Gasteiger partial charge in [-0.1, -0.05) is 0 Å². The number of hydrogen-bond donors (Lipinski definition) is 1. The second-order valence-electron chi connectivity index (χ2n) is 6.12. The van der Waals surface area contributed by atoms with Crippen LogP contribution in [0.2, 0.25) is 0 Å². The molecule has 1 aliphatic heterocycles. The Kier molecular flexibility index (Phi) is 3.57. The monoisotopic (exact) mass is 284 g/mol. The van der Waals surface area contributed by atoms with Crippen LogP contribution in [0.25, 0.3) is 0 Å². The van der Waals surface area contributed by atoms with E-state index in [-0.39, 0.29) is 6.09 Å². The summed E-state index contributed by atoms with van der Waals surface area (Å²) in [4.78, 5) is 17.6. The summed E-state index contributed by atoms with van der Waals surface area (Å²) < 4.78 is 5.25. The lowest BCUT2D eigenvalue weighted by molar-refractivity contribution is -0.0973. The van der Waals surface area contributed by atoms with Gasteiger partial charge >= 0.3 is 6.09 Å². The van der Waals surface area contributed by atoms with E-state index in [0.29, 0.717) is 19.5 Å². The van der Waals surface area contributed by atoms with Gasteiger partial charge in [0.2, 0.25) is 0 Å². The van der Waals surface area contributed by atoms with Crippen molar-refractivity contribution >= 4 is 17.4 Å². The van der Waals surface area contributed by atoms with E-state index in [1.54, 1.807) is 0 Å². The second-order valence-corrected chi connectivity index (χ2v) is 7.06. The molecule has 106 valence electrons. The van der Waals surface area contributed by atoms with Gasteiger partial charge in [-0.2, -0.15) is 0 Å². The van der Waals surface area contributed by atoms with E-state index < -0.39 is 11.2 Å². The largest absolute Gasteiger partial charge is 0.444 e. The molecular formula is C13H20N2O3S. The number of aryl methyl sites for hydroxylation is 1. The number of aliphatic hydroxyl groups is 1. The molecule has 0 saturated carbocycles. The number of thiazole rings is 1. The first-order chi connectivity index (χ1) is 8.67. The quantitative estimate of drug-likeness (QED) is 0.902. The van der Waals surface area contributed by atoms with Gasteiger partial charge in [0.15, 0.2) is 0 Å². The highest BCUT2D eigenvalue weighted by molar-refractivity contribution is 7.09. The van der Waals surface area contributed by atoms with Crippen LogP contribution in [0.1, 0.15) is 31.5 Å². The Bertz CT molecular complexity index is 472. The Morgan fingerprint density at radius 1 is 1.58 bits per heavy atom. The number of amides is 1. The van der Waals surface area contributed by atoms with Crippen LogP contribution in [0.15, 0.2) is 5.38 Å². The zero-order valence-corrected chi connectivity index (χ0v) is 12.6. The van der Waals surface area contributed by atoms with Crippen LogP contribution in [-0.2, 0) is 11.2 Å². The van der Waals surface area contributed by atoms with Gasteiger partial charge in [0.25, 0.3) is 0 Å². The minimum Gasteiger partial charge on any atom is -0.444 e. The fraction of sp³-hybridized carbons (Fsp3) is 0.692. The van der Waals surface area contributed by atoms with Gasteiger partial charge in [-0.25, -0.2) is 9.78 Å². The summed E-state index contributed by atoms with van der Waals surface area (Å²) in [5, 5.41) is 13.2. The molecule has 6 heteroatoms. The van der Waals surface area contributed by atoms with Gasteiger partial charge in [0.1, 0.15) is 11.2 Å². The molecule has 2 rings (SSSR count). The molecule has 0 spiro atoms. The average molecular weight is 284 g/mol. The number of rotatable bonds is 2. The van der Waals surface area contributed by atoms with E-state index in [9.17, 15) is 9.90 Å². The fourth-order valence-corrected chi connectivity index (χ4v) is 2.91. The predicted octanol–water partition coefficient (Wildman–Crippen LogP) is 1.98. The van der Waals surface area contributed by atoms with Gasteiger partial charge in [0.05, 0.1) is 18.1 Å². The Labute approximate surface area is 117 Å². The number of carbonyl (C=O) groups excluding carboxylic acids is 1. The fourth-order valence-electron chi connectivity index (χ4n) is 2.00. The molecule has 0 radical (unpaired) electrons. The first-order valence-corrected chi connectivity index (χ1v) is 7.16. The third-order valence-electron chi connectivity index (χ3n) is 2.77. The standard InChI is InChI=1S/C13H20N2O3S/c1-9-6-19-10(14-9)5-13(17)7-15(8-13)11(16)18-12(2,3)4/h6,17H,5,7-8H2,1-4H3. The molecule has 1 saturated heterocycles. The van der Waals surface area contributed by atoms with Crippen molar-refractivity contribution in [1.29, 1.82) is 0 Å². The van der Waals surface area contributed by atoms with Crippen molar-refractivity contribution in [3.05, 3.63) is 16.1 Å². The molecule has 0 atom stereocenters. The Hall–Kier alpha value is -1.14. The average Bonchev–Trinajstić information content (AvgIpc) is 2.57. The van der Waals surface area contributed by atoms with Crippen molar-refractivity contribution in [3.63, 3.8) is 0 Å². The van der Waals surface area contributed by atoms with Crippen LogP contribution < -0.4 is 0 Å². The summed E-state index contributed by atoms with van der Waals surface area (Å²) >= 11 is 1.54. The van der Waals surface area contributed by atoms with Crippen LogP contribution in [0.5, 0.6) is 0 Å². The van der Waals surface area contributed by atoms with E-state index in [1.165, 1.54) is 16.2 Å². The summed E-state index contributed by atoms with van der Waals surface area (Å²) in [6.07, 6.45) is 0.123. The van der Waals surface area contributed by atoms with Gasteiger partial charge < -0.3 is 14.7 Å². The van der Waals surface area contributed by atoms with Gasteiger partial charge in [-0.15, -0.1) is 11.3 Å². The minimum atomic E-state index is -0.860. The molecule has 1 aromatic heterocycles. The van der Waals surface area contributed by atoms with Gasteiger partial charge in [-0.3, -0.25) is 0 Å². The van der Waals surface area contributed by atoms with Crippen LogP contribution in [0.4, 0.5) is 4.79 Å². The van der Waals surface area contributed by atoms with Crippen molar-refractivity contribution < 1.29 is 14.6 Å². The molecule has 1 N–H and O–H groups in total. The number of nitrogens with zero attached hydrogens (tertiary/aromatic N) is 2. The van der Waals surface area contributed by atoms with Crippen molar-refractivity contribution in [2.75, 3.05) is 13.1 Å². The van der Waals surface area contributed by atoms with E-state index in [1.807, 2.05) is 33.1 Å². The van der Waals surface area contributed by atoms with E-state index in [0.717, 1.165) is 10.7 Å². The van der Waals surface area contributed by atoms with Crippen LogP contribution in [-0.4, -0.2) is 45.4 Å². The van der Waals surface area contributed by atoms with Gasteiger partial charge in [0, 0.05) is 17.5 Å². The van der Waals surface area contributed by atoms with Crippen LogP contribution >= 0.6 is 11.3 Å². The lowest BCUT2D eigenvalue weighted by Gasteiger charge is -2.46. The first kappa shape index (κ1) is 14.3. The topological polar surface area (TPSA) is 62.7 Å². The minimum absolute atomic E-state index is 0.306. The van der Waals surface area contributed by atoms with E-state index in [2.05, 4.69) is 4.98 Å². The maximum atomic E-state index is 11.8. The molecule has 1 fully saturated rings. The maximum absolute atomic E-state index is 11.8. The molecule has 1 aliphatic rings. The molecule has 0 unspecified atom stereocenters. The molecule has 0 aromatic carbocycles. The Balaban J connectivity index is 1.86. The maximum Gasteiger partial charge on any atom is 0.410 e. The van der Waals surface area contributed by atoms with E-state index >= 15 is 0 Å². The molecule has 2 heterocycles. The number of ether oxygens (including phenoxy) is 1. The highest BCUT2D eigenvalue weighted by atomic mass is 32.1. The van der Waals surface area contributed by atoms with Gasteiger partial charge in [-0.05, 0) is 27.7 Å². The Morgan fingerprint density at radius 3 is 2.68 bits per heavy atom. The number of carbonyl (C=O) groups is 1. The predicted molar refractivity (Wildman–Crippen MR) is 73.3 cm³/mol. The molecular weight excluding hydrogens is 264 g/mol. The first-order valence-electron chi connectivity index (χ1n) is 6.28. The number of aromatic nitrogens is 1. The summed E-state index contributed by atoms with van der Waals surface area (Å²) in [6.45, 7) is 8.03. The molecule has 1 aromatic rings. The summed E-state index contributed by atoms with van der Waals surface area (Å²) in [5.41, 5.74) is -0.398. The molecule has 1 amide bonds. The SMILES string of the molecule is Cc1csc(CC2(O)CN(C(=O)OC(C)(C)C)C2)n1. The summed E-state index contributed by atoms with van der Waals surface area (Å²) in [6, 6.07) is 0. The number of likely N-dealkylation sites (tertiary alicyclic amines) is 1. The third kappa shape index (κ3) is 3.67. The van der Waals surface area contributed by atoms with Crippen molar-refractivity contribution in [1.82, 2.24) is 9.88 Å². The van der Waals surface area contributed by atoms with E-state index in [4.69, 9.17) is 4.74 Å². The lowest BCUT2D eigenvalue weighted by Crippen LogP contribution is -2.65. The van der Waals surface area contributed by atoms with Crippen molar-refractivity contribution in [2.45, 2.75) is 45.3 Å². The van der Waals surface area contributed by atoms with Crippen LogP contribution in [0.3, 0.4) is 0 Å². The highest BCUT2D eigenvalue weighted by Crippen LogP contribution is 2.28. The van der Waals surface area contributed by atoms with Crippen LogP contribution in [0, 0.1) is 6.92 Å². The van der Waals surface area contributed by atoms with Crippen molar-refractivity contribution in [2.24, 2.45) is 0 Å². The molecule has 5 nitrogen and oxygen atoms in total. The normalized spacial score (nSPS) is 18.1. The second kappa shape index (κ2) is 4.76. The molecule has 19 heavy (non-hydrogen) atoms. The Morgan fingerprint density at radius 2 is 2.21 bits per heavy atom. The molecule has 0 bridgehead atoms. The smallest absolute Gasteiger partial charge is 0.410 e. The third-order valence-corrected chi connectivity index (χ3v) is 3.74. The zero-order valence-electron chi connectivity index (χ0n) is 11.8. The lowest BCUT2D eigenvalue weighted by atomic mass is 9.91. The zero-order chi connectivity index (χ0) is 14.3. The van der Waals surface area contributed by atoms with Crippen molar-refractivity contribution in [3.8, 4) is 0 Å². The summed E-state index contributed by atoms with van der Waals surface area (Å²) in [7, 11) is 0. The molecule has 0 aliphatic carbocycles. The summed E-state index contributed by atoms with van der Waals surface area (Å²) in [5.74, 6) is 0. The number of β-amino-alcohol motifs (C(OH)–C–C–N with tert-alkyl or cyclic N) is 1. The highest BCUT2D eigenvalue weighted by Gasteiger charge is 2.45.